The first-order chi connectivity index (χ1) is 14.3. The number of rotatable bonds is 5. The van der Waals surface area contributed by atoms with Crippen molar-refractivity contribution in [3.05, 3.63) is 94.8 Å². The van der Waals surface area contributed by atoms with Crippen LogP contribution in [0.1, 0.15) is 32.7 Å². The van der Waals surface area contributed by atoms with E-state index >= 15 is 0 Å². The average Bonchev–Trinajstić information content (AvgIpc) is 3.09. The molecule has 1 heterocycles. The SMILES string of the molecule is Cc1ccc(S(=O)(=O)n2cc(C)c3c2C(=O)C(=O)C=C3SCc2ccccc2)cc1. The summed E-state index contributed by atoms with van der Waals surface area (Å²) in [6, 6.07) is 16.1. The minimum absolute atomic E-state index is 0.0687. The number of carbonyl (C=O) groups excluding carboxylic acids is 2. The number of fused-ring (bicyclic) bond motifs is 1. The topological polar surface area (TPSA) is 73.2 Å². The van der Waals surface area contributed by atoms with Crippen LogP contribution in [0.15, 0.2) is 71.8 Å². The second-order valence-corrected chi connectivity index (χ2v) is 9.96. The second kappa shape index (κ2) is 7.74. The molecule has 0 fully saturated rings. The van der Waals surface area contributed by atoms with Crippen LogP contribution in [-0.2, 0) is 20.6 Å². The second-order valence-electron chi connectivity index (χ2n) is 7.13. The lowest BCUT2D eigenvalue weighted by Gasteiger charge is -2.16. The molecule has 0 unspecified atom stereocenters. The predicted octanol–water partition coefficient (Wildman–Crippen LogP) is 4.38. The van der Waals surface area contributed by atoms with E-state index in [0.29, 0.717) is 21.8 Å². The zero-order chi connectivity index (χ0) is 21.5. The van der Waals surface area contributed by atoms with Crippen molar-refractivity contribution < 1.29 is 18.0 Å². The maximum absolute atomic E-state index is 13.2. The summed E-state index contributed by atoms with van der Waals surface area (Å²) in [5, 5.41) is 0. The van der Waals surface area contributed by atoms with E-state index in [-0.39, 0.29) is 10.6 Å². The minimum atomic E-state index is -4.02. The molecule has 0 saturated carbocycles. The summed E-state index contributed by atoms with van der Waals surface area (Å²) in [6.45, 7) is 3.61. The molecule has 1 aromatic heterocycles. The molecule has 2 aromatic carbocycles. The van der Waals surface area contributed by atoms with Gasteiger partial charge < -0.3 is 0 Å². The maximum Gasteiger partial charge on any atom is 0.268 e. The Balaban J connectivity index is 1.79. The van der Waals surface area contributed by atoms with Crippen molar-refractivity contribution in [1.29, 1.82) is 0 Å². The predicted molar refractivity (Wildman–Crippen MR) is 118 cm³/mol. The van der Waals surface area contributed by atoms with E-state index in [1.807, 2.05) is 37.3 Å². The molecule has 0 radical (unpaired) electrons. The van der Waals surface area contributed by atoms with Gasteiger partial charge in [0, 0.05) is 28.5 Å². The molecule has 0 amide bonds. The van der Waals surface area contributed by atoms with Gasteiger partial charge in [0.15, 0.2) is 0 Å². The first-order valence-corrected chi connectivity index (χ1v) is 11.7. The van der Waals surface area contributed by atoms with Gasteiger partial charge in [0.2, 0.25) is 5.78 Å². The third-order valence-electron chi connectivity index (χ3n) is 4.92. The third-order valence-corrected chi connectivity index (χ3v) is 7.71. The number of hydrogen-bond donors (Lipinski definition) is 0. The van der Waals surface area contributed by atoms with Crippen LogP contribution < -0.4 is 0 Å². The van der Waals surface area contributed by atoms with Crippen LogP contribution in [0.5, 0.6) is 0 Å². The fraction of sp³-hybridized carbons (Fsp3) is 0.130. The van der Waals surface area contributed by atoms with Crippen molar-refractivity contribution in [2.75, 3.05) is 0 Å². The van der Waals surface area contributed by atoms with Crippen molar-refractivity contribution in [3.63, 3.8) is 0 Å². The zero-order valence-corrected chi connectivity index (χ0v) is 18.1. The minimum Gasteiger partial charge on any atom is -0.285 e. The maximum atomic E-state index is 13.2. The van der Waals surface area contributed by atoms with Crippen molar-refractivity contribution >= 4 is 38.3 Å². The fourth-order valence-electron chi connectivity index (χ4n) is 3.36. The molecule has 5 nitrogen and oxygen atoms in total. The number of ketones is 2. The van der Waals surface area contributed by atoms with Crippen molar-refractivity contribution in [2.45, 2.75) is 24.5 Å². The molecule has 0 bridgehead atoms. The molecule has 1 aliphatic carbocycles. The molecular formula is C23H19NO4S2. The number of thioether (sulfide) groups is 1. The summed E-state index contributed by atoms with van der Waals surface area (Å²) >= 11 is 1.41. The van der Waals surface area contributed by atoms with Gasteiger partial charge in [-0.2, -0.15) is 0 Å². The van der Waals surface area contributed by atoms with E-state index in [0.717, 1.165) is 15.1 Å². The highest BCUT2D eigenvalue weighted by Gasteiger charge is 2.35. The highest BCUT2D eigenvalue weighted by atomic mass is 32.2. The van der Waals surface area contributed by atoms with E-state index in [4.69, 9.17) is 0 Å². The highest BCUT2D eigenvalue weighted by molar-refractivity contribution is 8.07. The molecular weight excluding hydrogens is 418 g/mol. The van der Waals surface area contributed by atoms with Crippen LogP contribution in [0.25, 0.3) is 4.91 Å². The Kier molecular flexibility index (Phi) is 5.26. The molecule has 0 saturated heterocycles. The molecule has 0 atom stereocenters. The van der Waals surface area contributed by atoms with Gasteiger partial charge in [0.1, 0.15) is 5.69 Å². The first-order valence-electron chi connectivity index (χ1n) is 9.30. The molecule has 0 spiro atoms. The summed E-state index contributed by atoms with van der Waals surface area (Å²) < 4.78 is 27.4. The fourth-order valence-corrected chi connectivity index (χ4v) is 5.89. The molecule has 3 aromatic rings. The van der Waals surface area contributed by atoms with Crippen LogP contribution in [0.3, 0.4) is 0 Å². The average molecular weight is 438 g/mol. The Hall–Kier alpha value is -2.90. The van der Waals surface area contributed by atoms with E-state index in [9.17, 15) is 18.0 Å². The van der Waals surface area contributed by atoms with Crippen molar-refractivity contribution in [2.24, 2.45) is 0 Å². The number of benzene rings is 2. The van der Waals surface area contributed by atoms with Gasteiger partial charge in [-0.1, -0.05) is 48.0 Å². The van der Waals surface area contributed by atoms with Gasteiger partial charge in [-0.25, -0.2) is 12.4 Å². The Labute approximate surface area is 179 Å². The van der Waals surface area contributed by atoms with E-state index in [1.165, 1.54) is 36.2 Å². The zero-order valence-electron chi connectivity index (χ0n) is 16.5. The molecule has 0 N–H and O–H groups in total. The monoisotopic (exact) mass is 437 g/mol. The number of allylic oxidation sites excluding steroid dienone is 1. The van der Waals surface area contributed by atoms with Crippen LogP contribution in [0, 0.1) is 13.8 Å². The Bertz CT molecular complexity index is 1280. The van der Waals surface area contributed by atoms with Gasteiger partial charge in [0.25, 0.3) is 15.8 Å². The number of carbonyl (C=O) groups is 2. The quantitative estimate of drug-likeness (QED) is 0.554. The summed E-state index contributed by atoms with van der Waals surface area (Å²) in [5.41, 5.74) is 3.05. The van der Waals surface area contributed by atoms with E-state index in [2.05, 4.69) is 0 Å². The molecule has 152 valence electrons. The number of aromatic nitrogens is 1. The lowest BCUT2D eigenvalue weighted by Crippen LogP contribution is -2.25. The van der Waals surface area contributed by atoms with Gasteiger partial charge in [-0.15, -0.1) is 11.8 Å². The van der Waals surface area contributed by atoms with Gasteiger partial charge in [0.05, 0.1) is 4.90 Å². The lowest BCUT2D eigenvalue weighted by molar-refractivity contribution is -0.111. The first kappa shape index (κ1) is 20.4. The number of hydrogen-bond acceptors (Lipinski definition) is 5. The van der Waals surface area contributed by atoms with E-state index < -0.39 is 21.6 Å². The lowest BCUT2D eigenvalue weighted by atomic mass is 10.00. The normalized spacial score (nSPS) is 13.9. The summed E-state index contributed by atoms with van der Waals surface area (Å²) in [6.07, 6.45) is 2.74. The van der Waals surface area contributed by atoms with Crippen LogP contribution in [0.2, 0.25) is 0 Å². The number of aryl methyl sites for hydroxylation is 2. The Morgan fingerprint density at radius 1 is 0.933 bits per heavy atom. The summed E-state index contributed by atoms with van der Waals surface area (Å²) in [4.78, 5) is 25.8. The van der Waals surface area contributed by atoms with Crippen molar-refractivity contribution in [1.82, 2.24) is 3.97 Å². The van der Waals surface area contributed by atoms with Gasteiger partial charge >= 0.3 is 0 Å². The number of Topliss-reactive ketones (excluding diaryl/α,β-unsaturated/α-hetero) is 1. The van der Waals surface area contributed by atoms with Crippen LogP contribution in [-0.4, -0.2) is 24.0 Å². The van der Waals surface area contributed by atoms with Gasteiger partial charge in [-0.05, 0) is 37.1 Å². The van der Waals surface area contributed by atoms with Gasteiger partial charge in [-0.3, -0.25) is 9.59 Å². The van der Waals surface area contributed by atoms with Crippen LogP contribution >= 0.6 is 11.8 Å². The van der Waals surface area contributed by atoms with Crippen LogP contribution in [0.4, 0.5) is 0 Å². The smallest absolute Gasteiger partial charge is 0.268 e. The summed E-state index contributed by atoms with van der Waals surface area (Å²) in [5.74, 6) is -0.919. The molecule has 30 heavy (non-hydrogen) atoms. The molecule has 4 rings (SSSR count). The Morgan fingerprint density at radius 2 is 1.60 bits per heavy atom. The third kappa shape index (κ3) is 3.55. The molecule has 7 heteroatoms. The summed E-state index contributed by atoms with van der Waals surface area (Å²) in [7, 11) is -4.02. The molecule has 1 aliphatic rings. The highest BCUT2D eigenvalue weighted by Crippen LogP contribution is 2.39. The Morgan fingerprint density at radius 3 is 2.27 bits per heavy atom. The number of nitrogens with zero attached hydrogens (tertiary/aromatic N) is 1. The van der Waals surface area contributed by atoms with E-state index in [1.54, 1.807) is 19.1 Å². The standard InChI is InChI=1S/C23H19NO4S2/c1-15-8-10-18(11-9-15)30(27,28)24-13-16(2)21-20(12-19(25)23(26)22(21)24)29-14-17-6-4-3-5-7-17/h3-13H,14H2,1-2H3. The van der Waals surface area contributed by atoms with Crippen molar-refractivity contribution in [3.8, 4) is 0 Å². The largest absolute Gasteiger partial charge is 0.285 e. The molecule has 0 aliphatic heterocycles.